The molecule has 1 aromatic heterocycles. The number of amides is 1. The van der Waals surface area contributed by atoms with Crippen LogP contribution in [0.2, 0.25) is 5.02 Å². The van der Waals surface area contributed by atoms with Crippen LogP contribution < -0.4 is 5.32 Å². The minimum Gasteiger partial charge on any atom is -0.311 e. The van der Waals surface area contributed by atoms with E-state index in [1.165, 1.54) is 0 Å². The van der Waals surface area contributed by atoms with Gasteiger partial charge in [-0.25, -0.2) is 0 Å². The molecule has 0 fully saturated rings. The van der Waals surface area contributed by atoms with Crippen LogP contribution >= 0.6 is 11.6 Å². The number of aryl methyl sites for hydroxylation is 1. The van der Waals surface area contributed by atoms with Crippen LogP contribution in [0.4, 0.5) is 5.82 Å². The van der Waals surface area contributed by atoms with Crippen LogP contribution in [-0.4, -0.2) is 16.1 Å². The van der Waals surface area contributed by atoms with Crippen molar-refractivity contribution in [2.24, 2.45) is 0 Å². The summed E-state index contributed by atoms with van der Waals surface area (Å²) in [4.78, 5) is 11.6. The number of anilines is 1. The number of carbonyl (C=O) groups is 1. The fraction of sp³-hybridized carbons (Fsp3) is 0.167. The molecule has 0 saturated heterocycles. The first kappa shape index (κ1) is 11.7. The summed E-state index contributed by atoms with van der Waals surface area (Å²) in [5.74, 6) is 0.579. The van der Waals surface area contributed by atoms with Gasteiger partial charge in [0.2, 0.25) is 5.91 Å². The Bertz CT molecular complexity index is 479. The molecule has 17 heavy (non-hydrogen) atoms. The second-order valence-electron chi connectivity index (χ2n) is 3.64. The first-order chi connectivity index (χ1) is 8.24. The SMILES string of the molecule is O=C(CCc1ccc(Cl)cc1)Nc1ccn[nH]1. The van der Waals surface area contributed by atoms with Gasteiger partial charge in [0.15, 0.2) is 0 Å². The summed E-state index contributed by atoms with van der Waals surface area (Å²) >= 11 is 5.78. The fourth-order valence-electron chi connectivity index (χ4n) is 1.45. The third-order valence-corrected chi connectivity index (χ3v) is 2.58. The number of carbonyl (C=O) groups excluding carboxylic acids is 1. The molecule has 0 spiro atoms. The van der Waals surface area contributed by atoms with Gasteiger partial charge in [0.25, 0.3) is 0 Å². The smallest absolute Gasteiger partial charge is 0.225 e. The zero-order valence-corrected chi connectivity index (χ0v) is 9.87. The summed E-state index contributed by atoms with van der Waals surface area (Å²) in [5, 5.41) is 9.85. The summed E-state index contributed by atoms with van der Waals surface area (Å²) in [6, 6.07) is 9.20. The molecule has 0 bridgehead atoms. The lowest BCUT2D eigenvalue weighted by molar-refractivity contribution is -0.116. The van der Waals surface area contributed by atoms with Crippen molar-refractivity contribution < 1.29 is 4.79 Å². The second-order valence-corrected chi connectivity index (χ2v) is 4.08. The molecule has 0 aliphatic carbocycles. The van der Waals surface area contributed by atoms with Crippen LogP contribution in [-0.2, 0) is 11.2 Å². The molecule has 0 radical (unpaired) electrons. The highest BCUT2D eigenvalue weighted by atomic mass is 35.5. The lowest BCUT2D eigenvalue weighted by Gasteiger charge is -2.02. The van der Waals surface area contributed by atoms with Crippen LogP contribution in [0.1, 0.15) is 12.0 Å². The molecule has 5 heteroatoms. The van der Waals surface area contributed by atoms with Gasteiger partial charge >= 0.3 is 0 Å². The first-order valence-corrected chi connectivity index (χ1v) is 5.65. The normalized spacial score (nSPS) is 10.2. The van der Waals surface area contributed by atoms with Crippen molar-refractivity contribution in [1.29, 1.82) is 0 Å². The van der Waals surface area contributed by atoms with E-state index < -0.39 is 0 Å². The standard InChI is InChI=1S/C12H12ClN3O/c13-10-4-1-9(2-5-10)3-6-12(17)15-11-7-8-14-16-11/h1-2,4-5,7-8H,3,6H2,(H2,14,15,16,17). The zero-order chi connectivity index (χ0) is 12.1. The van der Waals surface area contributed by atoms with Gasteiger partial charge in [0, 0.05) is 17.5 Å². The van der Waals surface area contributed by atoms with Crippen molar-refractivity contribution in [3.8, 4) is 0 Å². The first-order valence-electron chi connectivity index (χ1n) is 5.28. The Labute approximate surface area is 104 Å². The molecule has 0 saturated carbocycles. The number of hydrogen-bond donors (Lipinski definition) is 2. The molecule has 0 unspecified atom stereocenters. The maximum Gasteiger partial charge on any atom is 0.225 e. The molecule has 2 N–H and O–H groups in total. The number of benzene rings is 1. The Hall–Kier alpha value is -1.81. The molecule has 2 aromatic rings. The van der Waals surface area contributed by atoms with Crippen LogP contribution in [0.15, 0.2) is 36.5 Å². The summed E-state index contributed by atoms with van der Waals surface area (Å²) in [5.41, 5.74) is 1.09. The number of hydrogen-bond acceptors (Lipinski definition) is 2. The summed E-state index contributed by atoms with van der Waals surface area (Å²) in [7, 11) is 0. The van der Waals surface area contributed by atoms with E-state index in [1.807, 2.05) is 24.3 Å². The minimum atomic E-state index is -0.0378. The van der Waals surface area contributed by atoms with Crippen molar-refractivity contribution in [2.45, 2.75) is 12.8 Å². The number of nitrogens with one attached hydrogen (secondary N) is 2. The number of aromatic amines is 1. The van der Waals surface area contributed by atoms with Gasteiger partial charge in [-0.05, 0) is 24.1 Å². The molecule has 1 aromatic carbocycles. The van der Waals surface area contributed by atoms with E-state index in [4.69, 9.17) is 11.6 Å². The number of H-pyrrole nitrogens is 1. The van der Waals surface area contributed by atoms with E-state index >= 15 is 0 Å². The lowest BCUT2D eigenvalue weighted by Crippen LogP contribution is -2.12. The molecular weight excluding hydrogens is 238 g/mol. The molecule has 4 nitrogen and oxygen atoms in total. The largest absolute Gasteiger partial charge is 0.311 e. The summed E-state index contributed by atoms with van der Waals surface area (Å²) in [6.45, 7) is 0. The van der Waals surface area contributed by atoms with Crippen molar-refractivity contribution >= 4 is 23.3 Å². The van der Waals surface area contributed by atoms with Crippen LogP contribution in [0.5, 0.6) is 0 Å². The van der Waals surface area contributed by atoms with Gasteiger partial charge < -0.3 is 5.32 Å². The summed E-state index contributed by atoms with van der Waals surface area (Å²) < 4.78 is 0. The van der Waals surface area contributed by atoms with E-state index in [0.717, 1.165) is 5.56 Å². The quantitative estimate of drug-likeness (QED) is 0.875. The Morgan fingerprint density at radius 2 is 2.06 bits per heavy atom. The highest BCUT2D eigenvalue weighted by Crippen LogP contribution is 2.11. The molecule has 88 valence electrons. The van der Waals surface area contributed by atoms with Crippen molar-refractivity contribution in [2.75, 3.05) is 5.32 Å². The Morgan fingerprint density at radius 1 is 1.29 bits per heavy atom. The number of halogens is 1. The maximum atomic E-state index is 11.6. The molecule has 1 amide bonds. The van der Waals surface area contributed by atoms with Gasteiger partial charge in [-0.1, -0.05) is 23.7 Å². The highest BCUT2D eigenvalue weighted by Gasteiger charge is 2.03. The molecule has 0 aliphatic rings. The third kappa shape index (κ3) is 3.60. The minimum absolute atomic E-state index is 0.0378. The Kier molecular flexibility index (Phi) is 3.77. The topological polar surface area (TPSA) is 57.8 Å². The van der Waals surface area contributed by atoms with Crippen LogP contribution in [0, 0.1) is 0 Å². The molecule has 2 rings (SSSR count). The Balaban J connectivity index is 1.82. The van der Waals surface area contributed by atoms with Crippen LogP contribution in [0.3, 0.4) is 0 Å². The average Bonchev–Trinajstić information content (AvgIpc) is 2.81. The van der Waals surface area contributed by atoms with Crippen LogP contribution in [0.25, 0.3) is 0 Å². The van der Waals surface area contributed by atoms with Crippen molar-refractivity contribution in [3.05, 3.63) is 47.1 Å². The van der Waals surface area contributed by atoms with Gasteiger partial charge in [-0.3, -0.25) is 9.89 Å². The molecular formula is C12H12ClN3O. The van der Waals surface area contributed by atoms with Gasteiger partial charge in [0.05, 0.1) is 6.20 Å². The van der Waals surface area contributed by atoms with E-state index in [1.54, 1.807) is 12.3 Å². The van der Waals surface area contributed by atoms with Gasteiger partial charge in [-0.15, -0.1) is 0 Å². The van der Waals surface area contributed by atoms with Crippen molar-refractivity contribution in [3.63, 3.8) is 0 Å². The second kappa shape index (κ2) is 5.50. The predicted octanol–water partition coefficient (Wildman–Crippen LogP) is 2.63. The number of nitrogens with zero attached hydrogens (tertiary/aromatic N) is 1. The molecule has 1 heterocycles. The third-order valence-electron chi connectivity index (χ3n) is 2.33. The molecule has 0 aliphatic heterocycles. The van der Waals surface area contributed by atoms with Gasteiger partial charge in [-0.2, -0.15) is 5.10 Å². The zero-order valence-electron chi connectivity index (χ0n) is 9.11. The van der Waals surface area contributed by atoms with Crippen molar-refractivity contribution in [1.82, 2.24) is 10.2 Å². The number of rotatable bonds is 4. The average molecular weight is 250 g/mol. The maximum absolute atomic E-state index is 11.6. The molecule has 0 atom stereocenters. The van der Waals surface area contributed by atoms with E-state index in [0.29, 0.717) is 23.7 Å². The predicted molar refractivity (Wildman–Crippen MR) is 67.0 cm³/mol. The Morgan fingerprint density at radius 3 is 2.71 bits per heavy atom. The summed E-state index contributed by atoms with van der Waals surface area (Å²) in [6.07, 6.45) is 2.71. The van der Waals surface area contributed by atoms with E-state index in [9.17, 15) is 4.79 Å². The van der Waals surface area contributed by atoms with E-state index in [2.05, 4.69) is 15.5 Å². The van der Waals surface area contributed by atoms with Gasteiger partial charge in [0.1, 0.15) is 5.82 Å². The monoisotopic (exact) mass is 249 g/mol. The number of aromatic nitrogens is 2. The van der Waals surface area contributed by atoms with E-state index in [-0.39, 0.29) is 5.91 Å². The lowest BCUT2D eigenvalue weighted by atomic mass is 10.1. The fourth-order valence-corrected chi connectivity index (χ4v) is 1.57. The highest BCUT2D eigenvalue weighted by molar-refractivity contribution is 6.30.